The standard InChI is InChI=1S/C13H20N2O3/c1-4-14-8-9-15-13(16)10-6-5-7-11(17-2)12(10)18-3/h5-7,14H,4,8-9H2,1-3H3,(H,15,16). The maximum Gasteiger partial charge on any atom is 0.255 e. The third-order valence-electron chi connectivity index (χ3n) is 2.48. The van der Waals surface area contributed by atoms with Crippen molar-refractivity contribution in [2.45, 2.75) is 6.92 Å². The summed E-state index contributed by atoms with van der Waals surface area (Å²) in [6, 6.07) is 5.23. The smallest absolute Gasteiger partial charge is 0.255 e. The summed E-state index contributed by atoms with van der Waals surface area (Å²) in [6.07, 6.45) is 0. The molecule has 0 aliphatic rings. The van der Waals surface area contributed by atoms with Crippen LogP contribution >= 0.6 is 0 Å². The van der Waals surface area contributed by atoms with Gasteiger partial charge < -0.3 is 20.1 Å². The molecule has 0 saturated heterocycles. The van der Waals surface area contributed by atoms with Crippen LogP contribution in [0, 0.1) is 0 Å². The molecular formula is C13H20N2O3. The number of carbonyl (C=O) groups excluding carboxylic acids is 1. The first-order valence-electron chi connectivity index (χ1n) is 5.94. The van der Waals surface area contributed by atoms with E-state index in [-0.39, 0.29) is 5.91 Å². The first-order chi connectivity index (χ1) is 8.74. The molecule has 0 aromatic heterocycles. The molecule has 2 N–H and O–H groups in total. The predicted molar refractivity (Wildman–Crippen MR) is 70.4 cm³/mol. The van der Waals surface area contributed by atoms with Gasteiger partial charge in [0.1, 0.15) is 0 Å². The molecule has 1 rings (SSSR count). The number of rotatable bonds is 7. The Kier molecular flexibility index (Phi) is 6.00. The molecule has 1 aromatic carbocycles. The van der Waals surface area contributed by atoms with Crippen molar-refractivity contribution in [3.05, 3.63) is 23.8 Å². The molecule has 0 heterocycles. The topological polar surface area (TPSA) is 59.6 Å². The fourth-order valence-corrected chi connectivity index (χ4v) is 1.60. The second-order valence-electron chi connectivity index (χ2n) is 3.65. The summed E-state index contributed by atoms with van der Waals surface area (Å²) in [5, 5.41) is 5.96. The number of carbonyl (C=O) groups is 1. The highest BCUT2D eigenvalue weighted by Gasteiger charge is 2.15. The monoisotopic (exact) mass is 252 g/mol. The molecule has 0 aliphatic carbocycles. The van der Waals surface area contributed by atoms with Crippen LogP contribution in [0.1, 0.15) is 17.3 Å². The molecule has 100 valence electrons. The van der Waals surface area contributed by atoms with E-state index in [1.54, 1.807) is 25.3 Å². The van der Waals surface area contributed by atoms with E-state index in [9.17, 15) is 4.79 Å². The van der Waals surface area contributed by atoms with Gasteiger partial charge in [0.05, 0.1) is 19.8 Å². The summed E-state index contributed by atoms with van der Waals surface area (Å²) in [7, 11) is 3.07. The molecule has 0 radical (unpaired) electrons. The average molecular weight is 252 g/mol. The van der Waals surface area contributed by atoms with Crippen molar-refractivity contribution in [1.82, 2.24) is 10.6 Å². The number of ether oxygens (including phenoxy) is 2. The van der Waals surface area contributed by atoms with Gasteiger partial charge in [0.15, 0.2) is 11.5 Å². The number of para-hydroxylation sites is 1. The van der Waals surface area contributed by atoms with Crippen molar-refractivity contribution >= 4 is 5.91 Å². The lowest BCUT2D eigenvalue weighted by Crippen LogP contribution is -2.31. The summed E-state index contributed by atoms with van der Waals surface area (Å²) in [5.41, 5.74) is 0.480. The van der Waals surface area contributed by atoms with Crippen LogP contribution in [0.4, 0.5) is 0 Å². The molecule has 0 aliphatic heterocycles. The third-order valence-corrected chi connectivity index (χ3v) is 2.48. The van der Waals surface area contributed by atoms with Gasteiger partial charge in [-0.3, -0.25) is 4.79 Å². The van der Waals surface area contributed by atoms with Crippen molar-refractivity contribution < 1.29 is 14.3 Å². The SMILES string of the molecule is CCNCCNC(=O)c1cccc(OC)c1OC. The maximum atomic E-state index is 12.0. The van der Waals surface area contributed by atoms with Gasteiger partial charge in [-0.05, 0) is 18.7 Å². The zero-order chi connectivity index (χ0) is 13.4. The summed E-state index contributed by atoms with van der Waals surface area (Å²) in [4.78, 5) is 12.0. The largest absolute Gasteiger partial charge is 0.493 e. The molecule has 0 saturated carbocycles. The maximum absolute atomic E-state index is 12.0. The fourth-order valence-electron chi connectivity index (χ4n) is 1.60. The van der Waals surface area contributed by atoms with Crippen molar-refractivity contribution in [1.29, 1.82) is 0 Å². The van der Waals surface area contributed by atoms with E-state index in [0.717, 1.165) is 13.1 Å². The van der Waals surface area contributed by atoms with Crippen LogP contribution in [-0.4, -0.2) is 39.8 Å². The van der Waals surface area contributed by atoms with Crippen LogP contribution in [0.5, 0.6) is 11.5 Å². The number of hydrogen-bond acceptors (Lipinski definition) is 4. The Labute approximate surface area is 107 Å². The minimum atomic E-state index is -0.163. The van der Waals surface area contributed by atoms with E-state index >= 15 is 0 Å². The Morgan fingerprint density at radius 3 is 2.61 bits per heavy atom. The number of hydrogen-bond donors (Lipinski definition) is 2. The molecule has 18 heavy (non-hydrogen) atoms. The van der Waals surface area contributed by atoms with Crippen molar-refractivity contribution in [2.75, 3.05) is 33.9 Å². The molecule has 1 amide bonds. The van der Waals surface area contributed by atoms with E-state index in [1.807, 2.05) is 6.92 Å². The quantitative estimate of drug-likeness (QED) is 0.712. The van der Waals surface area contributed by atoms with Crippen LogP contribution in [0.3, 0.4) is 0 Å². The van der Waals surface area contributed by atoms with Crippen LogP contribution in [0.25, 0.3) is 0 Å². The van der Waals surface area contributed by atoms with E-state index in [1.165, 1.54) is 7.11 Å². The highest BCUT2D eigenvalue weighted by molar-refractivity contribution is 5.97. The average Bonchev–Trinajstić information content (AvgIpc) is 2.42. The lowest BCUT2D eigenvalue weighted by atomic mass is 10.1. The Morgan fingerprint density at radius 2 is 2.00 bits per heavy atom. The molecule has 0 spiro atoms. The predicted octanol–water partition coefficient (Wildman–Crippen LogP) is 1.04. The minimum Gasteiger partial charge on any atom is -0.493 e. The number of likely N-dealkylation sites (N-methyl/N-ethyl adjacent to an activating group) is 1. The van der Waals surface area contributed by atoms with Gasteiger partial charge in [0.2, 0.25) is 0 Å². The number of nitrogens with one attached hydrogen (secondary N) is 2. The molecule has 0 unspecified atom stereocenters. The molecule has 0 atom stereocenters. The van der Waals surface area contributed by atoms with Gasteiger partial charge in [-0.15, -0.1) is 0 Å². The zero-order valence-corrected chi connectivity index (χ0v) is 11.1. The van der Waals surface area contributed by atoms with Gasteiger partial charge in [0.25, 0.3) is 5.91 Å². The summed E-state index contributed by atoms with van der Waals surface area (Å²) < 4.78 is 10.4. The molecule has 0 bridgehead atoms. The van der Waals surface area contributed by atoms with Gasteiger partial charge in [-0.1, -0.05) is 13.0 Å². The van der Waals surface area contributed by atoms with Crippen molar-refractivity contribution in [3.8, 4) is 11.5 Å². The van der Waals surface area contributed by atoms with E-state index in [4.69, 9.17) is 9.47 Å². The van der Waals surface area contributed by atoms with Gasteiger partial charge in [-0.25, -0.2) is 0 Å². The molecule has 0 fully saturated rings. The zero-order valence-electron chi connectivity index (χ0n) is 11.1. The highest BCUT2D eigenvalue weighted by atomic mass is 16.5. The second-order valence-corrected chi connectivity index (χ2v) is 3.65. The van der Waals surface area contributed by atoms with Crippen molar-refractivity contribution in [2.24, 2.45) is 0 Å². The lowest BCUT2D eigenvalue weighted by molar-refractivity contribution is 0.0950. The van der Waals surface area contributed by atoms with Crippen LogP contribution < -0.4 is 20.1 Å². The van der Waals surface area contributed by atoms with Gasteiger partial charge in [-0.2, -0.15) is 0 Å². The number of benzene rings is 1. The molecule has 1 aromatic rings. The van der Waals surface area contributed by atoms with E-state index < -0.39 is 0 Å². The minimum absolute atomic E-state index is 0.163. The summed E-state index contributed by atoms with van der Waals surface area (Å²) in [5.74, 6) is 0.849. The highest BCUT2D eigenvalue weighted by Crippen LogP contribution is 2.30. The first-order valence-corrected chi connectivity index (χ1v) is 5.94. The lowest BCUT2D eigenvalue weighted by Gasteiger charge is -2.12. The van der Waals surface area contributed by atoms with Gasteiger partial charge >= 0.3 is 0 Å². The Bertz CT molecular complexity index is 394. The Morgan fingerprint density at radius 1 is 1.22 bits per heavy atom. The number of methoxy groups -OCH3 is 2. The normalized spacial score (nSPS) is 9.94. The fraction of sp³-hybridized carbons (Fsp3) is 0.462. The second kappa shape index (κ2) is 7.55. The third kappa shape index (κ3) is 3.63. The molecule has 5 nitrogen and oxygen atoms in total. The van der Waals surface area contributed by atoms with Crippen molar-refractivity contribution in [3.63, 3.8) is 0 Å². The summed E-state index contributed by atoms with van der Waals surface area (Å²) in [6.45, 7) is 4.23. The Hall–Kier alpha value is -1.75. The van der Waals surface area contributed by atoms with E-state index in [0.29, 0.717) is 23.6 Å². The van der Waals surface area contributed by atoms with Gasteiger partial charge in [0, 0.05) is 13.1 Å². The van der Waals surface area contributed by atoms with Crippen LogP contribution in [0.15, 0.2) is 18.2 Å². The molecule has 5 heteroatoms. The van der Waals surface area contributed by atoms with E-state index in [2.05, 4.69) is 10.6 Å². The van der Waals surface area contributed by atoms with Crippen LogP contribution in [-0.2, 0) is 0 Å². The summed E-state index contributed by atoms with van der Waals surface area (Å²) >= 11 is 0. The Balaban J connectivity index is 2.72. The molecular weight excluding hydrogens is 232 g/mol. The first kappa shape index (κ1) is 14.3. The van der Waals surface area contributed by atoms with Crippen LogP contribution in [0.2, 0.25) is 0 Å². The number of amides is 1.